The summed E-state index contributed by atoms with van der Waals surface area (Å²) >= 11 is 5.80. The minimum Gasteiger partial charge on any atom is -0.492 e. The topological polar surface area (TPSA) is 53.6 Å². The Morgan fingerprint density at radius 2 is 2.24 bits per heavy atom. The van der Waals surface area contributed by atoms with E-state index in [4.69, 9.17) is 16.3 Å². The minimum absolute atomic E-state index is 0.0449. The molecule has 0 spiro atoms. The van der Waals surface area contributed by atoms with Crippen LogP contribution < -0.4 is 15.4 Å². The van der Waals surface area contributed by atoms with Gasteiger partial charge in [0.05, 0.1) is 13.1 Å². The van der Waals surface area contributed by atoms with Gasteiger partial charge >= 0.3 is 0 Å². The van der Waals surface area contributed by atoms with Gasteiger partial charge in [0.1, 0.15) is 12.4 Å². The van der Waals surface area contributed by atoms with Crippen molar-refractivity contribution in [3.63, 3.8) is 0 Å². The standard InChI is InChI=1S/C15H22ClN3O2/c1-12-10-17-6-8-19(12)11-15(20)18-7-9-21-14-4-2-13(16)3-5-14/h2-5,12,17H,6-11H2,1H3,(H,18,20)/t12-/m1/s1. The van der Waals surface area contributed by atoms with Gasteiger partial charge in [-0.1, -0.05) is 11.6 Å². The summed E-state index contributed by atoms with van der Waals surface area (Å²) in [5.41, 5.74) is 0. The first-order valence-corrected chi connectivity index (χ1v) is 7.63. The van der Waals surface area contributed by atoms with E-state index in [1.165, 1.54) is 0 Å². The molecule has 0 saturated carbocycles. The van der Waals surface area contributed by atoms with Gasteiger partial charge < -0.3 is 15.4 Å². The van der Waals surface area contributed by atoms with Crippen LogP contribution in [0.1, 0.15) is 6.92 Å². The fourth-order valence-corrected chi connectivity index (χ4v) is 2.37. The van der Waals surface area contributed by atoms with Crippen LogP contribution >= 0.6 is 11.6 Å². The lowest BCUT2D eigenvalue weighted by atomic mass is 10.2. The molecule has 0 aromatic heterocycles. The Morgan fingerprint density at radius 1 is 1.48 bits per heavy atom. The molecule has 0 aliphatic carbocycles. The molecule has 1 fully saturated rings. The molecule has 1 aliphatic heterocycles. The third-order valence-corrected chi connectivity index (χ3v) is 3.74. The summed E-state index contributed by atoms with van der Waals surface area (Å²) in [4.78, 5) is 14.1. The smallest absolute Gasteiger partial charge is 0.234 e. The van der Waals surface area contributed by atoms with Gasteiger partial charge in [-0.25, -0.2) is 0 Å². The molecule has 5 nitrogen and oxygen atoms in total. The summed E-state index contributed by atoms with van der Waals surface area (Å²) < 4.78 is 5.53. The average molecular weight is 312 g/mol. The lowest BCUT2D eigenvalue weighted by molar-refractivity contribution is -0.123. The maximum absolute atomic E-state index is 11.9. The molecule has 2 N–H and O–H groups in total. The number of ether oxygens (including phenoxy) is 1. The third-order valence-electron chi connectivity index (χ3n) is 3.49. The molecule has 0 radical (unpaired) electrons. The number of nitrogens with zero attached hydrogens (tertiary/aromatic N) is 1. The zero-order chi connectivity index (χ0) is 15.1. The van der Waals surface area contributed by atoms with E-state index in [9.17, 15) is 4.79 Å². The summed E-state index contributed by atoms with van der Waals surface area (Å²) in [6, 6.07) is 7.58. The van der Waals surface area contributed by atoms with Gasteiger partial charge in [0.25, 0.3) is 0 Å². The molecule has 1 saturated heterocycles. The molecule has 1 aromatic rings. The van der Waals surface area contributed by atoms with Crippen molar-refractivity contribution in [2.24, 2.45) is 0 Å². The number of hydrogen-bond donors (Lipinski definition) is 2. The largest absolute Gasteiger partial charge is 0.492 e. The molecule has 0 bridgehead atoms. The number of rotatable bonds is 6. The Hall–Kier alpha value is -1.30. The number of hydrogen-bond acceptors (Lipinski definition) is 4. The van der Waals surface area contributed by atoms with Crippen LogP contribution in [-0.2, 0) is 4.79 Å². The van der Waals surface area contributed by atoms with E-state index < -0.39 is 0 Å². The van der Waals surface area contributed by atoms with E-state index in [0.717, 1.165) is 25.4 Å². The Morgan fingerprint density at radius 3 is 2.95 bits per heavy atom. The summed E-state index contributed by atoms with van der Waals surface area (Å²) in [7, 11) is 0. The first kappa shape index (κ1) is 16.1. The Labute approximate surface area is 130 Å². The van der Waals surface area contributed by atoms with Crippen molar-refractivity contribution < 1.29 is 9.53 Å². The zero-order valence-electron chi connectivity index (χ0n) is 12.3. The van der Waals surface area contributed by atoms with Crippen LogP contribution in [0.25, 0.3) is 0 Å². The van der Waals surface area contributed by atoms with Crippen molar-refractivity contribution >= 4 is 17.5 Å². The second kappa shape index (κ2) is 8.22. The SMILES string of the molecule is C[C@@H]1CNCCN1CC(=O)NCCOc1ccc(Cl)cc1. The molecule has 6 heteroatoms. The number of halogens is 1. The van der Waals surface area contributed by atoms with Gasteiger partial charge in [0.15, 0.2) is 0 Å². The first-order valence-electron chi connectivity index (χ1n) is 7.25. The van der Waals surface area contributed by atoms with Crippen molar-refractivity contribution in [1.29, 1.82) is 0 Å². The van der Waals surface area contributed by atoms with Crippen LogP contribution in [-0.4, -0.2) is 56.2 Å². The summed E-state index contributed by atoms with van der Waals surface area (Å²) in [6.07, 6.45) is 0. The lowest BCUT2D eigenvalue weighted by Gasteiger charge is -2.33. The second-order valence-electron chi connectivity index (χ2n) is 5.18. The highest BCUT2D eigenvalue weighted by Crippen LogP contribution is 2.15. The van der Waals surface area contributed by atoms with Gasteiger partial charge in [0.2, 0.25) is 5.91 Å². The normalized spacial score (nSPS) is 19.2. The zero-order valence-corrected chi connectivity index (χ0v) is 13.0. The Kier molecular flexibility index (Phi) is 6.29. The molecule has 1 amide bonds. The van der Waals surface area contributed by atoms with E-state index in [0.29, 0.717) is 30.8 Å². The molecular formula is C15H22ClN3O2. The van der Waals surface area contributed by atoms with Crippen molar-refractivity contribution in [3.05, 3.63) is 29.3 Å². The first-order chi connectivity index (χ1) is 10.1. The van der Waals surface area contributed by atoms with Crippen molar-refractivity contribution in [2.45, 2.75) is 13.0 Å². The molecule has 0 unspecified atom stereocenters. The average Bonchev–Trinajstić information content (AvgIpc) is 2.48. The fraction of sp³-hybridized carbons (Fsp3) is 0.533. The second-order valence-corrected chi connectivity index (χ2v) is 5.61. The van der Waals surface area contributed by atoms with Gasteiger partial charge in [-0.05, 0) is 31.2 Å². The molecule has 116 valence electrons. The molecule has 1 heterocycles. The van der Waals surface area contributed by atoms with Crippen LogP contribution in [0.5, 0.6) is 5.75 Å². The highest BCUT2D eigenvalue weighted by molar-refractivity contribution is 6.30. The number of amides is 1. The van der Waals surface area contributed by atoms with Gasteiger partial charge in [-0.2, -0.15) is 0 Å². The molecular weight excluding hydrogens is 290 g/mol. The third kappa shape index (κ3) is 5.53. The van der Waals surface area contributed by atoms with Crippen LogP contribution in [0.15, 0.2) is 24.3 Å². The van der Waals surface area contributed by atoms with Gasteiger partial charge in [0, 0.05) is 30.7 Å². The molecule has 2 rings (SSSR count). The van der Waals surface area contributed by atoms with E-state index in [-0.39, 0.29) is 5.91 Å². The predicted octanol–water partition coefficient (Wildman–Crippen LogP) is 1.13. The van der Waals surface area contributed by atoms with Crippen molar-refractivity contribution in [3.8, 4) is 5.75 Å². The maximum Gasteiger partial charge on any atom is 0.234 e. The highest BCUT2D eigenvalue weighted by Gasteiger charge is 2.19. The summed E-state index contributed by atoms with van der Waals surface area (Å²) in [5, 5.41) is 6.87. The molecule has 1 atom stereocenters. The maximum atomic E-state index is 11.9. The number of piperazine rings is 1. The number of carbonyl (C=O) groups is 1. The van der Waals surface area contributed by atoms with Crippen molar-refractivity contribution in [1.82, 2.24) is 15.5 Å². The summed E-state index contributed by atoms with van der Waals surface area (Å²) in [6.45, 7) is 6.32. The van der Waals surface area contributed by atoms with Crippen LogP contribution in [0.2, 0.25) is 5.02 Å². The Bertz CT molecular complexity index is 453. The van der Waals surface area contributed by atoms with Gasteiger partial charge in [-0.15, -0.1) is 0 Å². The predicted molar refractivity (Wildman–Crippen MR) is 83.9 cm³/mol. The fourth-order valence-electron chi connectivity index (χ4n) is 2.25. The quantitative estimate of drug-likeness (QED) is 0.773. The van der Waals surface area contributed by atoms with E-state index in [2.05, 4.69) is 22.5 Å². The van der Waals surface area contributed by atoms with E-state index >= 15 is 0 Å². The van der Waals surface area contributed by atoms with Crippen LogP contribution in [0, 0.1) is 0 Å². The molecule has 21 heavy (non-hydrogen) atoms. The van der Waals surface area contributed by atoms with Crippen LogP contribution in [0.3, 0.4) is 0 Å². The highest BCUT2D eigenvalue weighted by atomic mass is 35.5. The van der Waals surface area contributed by atoms with E-state index in [1.54, 1.807) is 12.1 Å². The van der Waals surface area contributed by atoms with Crippen molar-refractivity contribution in [2.75, 3.05) is 39.3 Å². The summed E-state index contributed by atoms with van der Waals surface area (Å²) in [5.74, 6) is 0.799. The molecule has 1 aromatic carbocycles. The number of benzene rings is 1. The number of nitrogens with one attached hydrogen (secondary N) is 2. The lowest BCUT2D eigenvalue weighted by Crippen LogP contribution is -2.52. The number of carbonyl (C=O) groups excluding carboxylic acids is 1. The molecule has 1 aliphatic rings. The van der Waals surface area contributed by atoms with Gasteiger partial charge in [-0.3, -0.25) is 9.69 Å². The Balaban J connectivity index is 1.61. The monoisotopic (exact) mass is 311 g/mol. The van der Waals surface area contributed by atoms with E-state index in [1.807, 2.05) is 12.1 Å². The van der Waals surface area contributed by atoms with Crippen LogP contribution in [0.4, 0.5) is 0 Å². The minimum atomic E-state index is 0.0449.